The zero-order valence-corrected chi connectivity index (χ0v) is 12.8. The molecular weight excluding hydrogens is 260 g/mol. The molecule has 6 heteroatoms. The molecule has 0 rings (SSSR count). The molecule has 116 valence electrons. The number of hydrogen-bond donors (Lipinski definition) is 2. The summed E-state index contributed by atoms with van der Waals surface area (Å²) in [5.74, 6) is -1.40. The molecule has 2 N–H and O–H groups in total. The predicted octanol–water partition coefficient (Wildman–Crippen LogP) is 1.11. The van der Waals surface area contributed by atoms with Crippen LogP contribution in [0.5, 0.6) is 0 Å². The summed E-state index contributed by atoms with van der Waals surface area (Å²) in [6, 6.07) is 0. The first-order valence-electron chi connectivity index (χ1n) is 6.99. The van der Waals surface area contributed by atoms with Gasteiger partial charge in [-0.3, -0.25) is 14.4 Å². The molecule has 0 heterocycles. The summed E-state index contributed by atoms with van der Waals surface area (Å²) in [6.07, 6.45) is 1.03. The summed E-state index contributed by atoms with van der Waals surface area (Å²) >= 11 is 0. The van der Waals surface area contributed by atoms with Crippen LogP contribution >= 0.6 is 0 Å². The third-order valence-electron chi connectivity index (χ3n) is 2.83. The SMILES string of the molecule is CC(=O)NCCCN(CC(C)C(=O)O)C(=O)CC(C)C. The summed E-state index contributed by atoms with van der Waals surface area (Å²) < 4.78 is 0. The van der Waals surface area contributed by atoms with Gasteiger partial charge in [0.2, 0.25) is 11.8 Å². The molecule has 20 heavy (non-hydrogen) atoms. The lowest BCUT2D eigenvalue weighted by Gasteiger charge is -2.25. The molecule has 0 aromatic rings. The van der Waals surface area contributed by atoms with Crippen LogP contribution in [0.1, 0.15) is 40.5 Å². The Labute approximate surface area is 120 Å². The van der Waals surface area contributed by atoms with Gasteiger partial charge in [-0.05, 0) is 12.3 Å². The molecule has 0 saturated heterocycles. The van der Waals surface area contributed by atoms with Crippen molar-refractivity contribution in [3.8, 4) is 0 Å². The molecule has 0 aromatic heterocycles. The van der Waals surface area contributed by atoms with Gasteiger partial charge < -0.3 is 15.3 Å². The van der Waals surface area contributed by atoms with Gasteiger partial charge in [0.05, 0.1) is 5.92 Å². The molecule has 0 aromatic carbocycles. The first-order chi connectivity index (χ1) is 9.23. The van der Waals surface area contributed by atoms with Crippen LogP contribution in [-0.4, -0.2) is 47.4 Å². The number of carbonyl (C=O) groups is 3. The minimum absolute atomic E-state index is 0.0316. The van der Waals surface area contributed by atoms with Crippen molar-refractivity contribution in [1.29, 1.82) is 0 Å². The number of aliphatic carboxylic acids is 1. The van der Waals surface area contributed by atoms with Gasteiger partial charge in [-0.15, -0.1) is 0 Å². The first-order valence-corrected chi connectivity index (χ1v) is 6.99. The second kappa shape index (κ2) is 9.34. The average molecular weight is 286 g/mol. The van der Waals surface area contributed by atoms with Crippen LogP contribution in [0.25, 0.3) is 0 Å². The summed E-state index contributed by atoms with van der Waals surface area (Å²) in [5.41, 5.74) is 0. The number of amides is 2. The summed E-state index contributed by atoms with van der Waals surface area (Å²) in [4.78, 5) is 35.3. The van der Waals surface area contributed by atoms with Gasteiger partial charge in [0, 0.05) is 33.0 Å². The lowest BCUT2D eigenvalue weighted by atomic mass is 10.1. The van der Waals surface area contributed by atoms with Crippen molar-refractivity contribution in [3.63, 3.8) is 0 Å². The lowest BCUT2D eigenvalue weighted by Crippen LogP contribution is -2.39. The second-order valence-corrected chi connectivity index (χ2v) is 5.51. The standard InChI is InChI=1S/C14H26N2O4/c1-10(2)8-13(18)16(9-11(3)14(19)20)7-5-6-15-12(4)17/h10-11H,5-9H2,1-4H3,(H,15,17)(H,19,20). The molecule has 0 saturated carbocycles. The van der Waals surface area contributed by atoms with Gasteiger partial charge in [0.25, 0.3) is 0 Å². The Kier molecular flexibility index (Phi) is 8.59. The van der Waals surface area contributed by atoms with Crippen LogP contribution in [-0.2, 0) is 14.4 Å². The van der Waals surface area contributed by atoms with Crippen molar-refractivity contribution >= 4 is 17.8 Å². The van der Waals surface area contributed by atoms with E-state index in [1.165, 1.54) is 6.92 Å². The van der Waals surface area contributed by atoms with E-state index in [0.717, 1.165) is 0 Å². The predicted molar refractivity (Wildman–Crippen MR) is 76.1 cm³/mol. The van der Waals surface area contributed by atoms with E-state index in [1.807, 2.05) is 13.8 Å². The molecule has 0 bridgehead atoms. The van der Waals surface area contributed by atoms with Gasteiger partial charge in [-0.2, -0.15) is 0 Å². The molecular formula is C14H26N2O4. The molecule has 0 aliphatic carbocycles. The number of rotatable bonds is 9. The van der Waals surface area contributed by atoms with Gasteiger partial charge in [-0.25, -0.2) is 0 Å². The van der Waals surface area contributed by atoms with E-state index in [2.05, 4.69) is 5.32 Å². The number of hydrogen-bond acceptors (Lipinski definition) is 3. The second-order valence-electron chi connectivity index (χ2n) is 5.51. The summed E-state index contributed by atoms with van der Waals surface area (Å²) in [6.45, 7) is 8.09. The average Bonchev–Trinajstić information content (AvgIpc) is 2.31. The van der Waals surface area contributed by atoms with Crippen molar-refractivity contribution in [2.45, 2.75) is 40.5 Å². The van der Waals surface area contributed by atoms with Gasteiger partial charge in [0.1, 0.15) is 0 Å². The number of carboxylic acids is 1. The van der Waals surface area contributed by atoms with E-state index in [4.69, 9.17) is 5.11 Å². The fraction of sp³-hybridized carbons (Fsp3) is 0.786. The van der Waals surface area contributed by atoms with Crippen LogP contribution in [0.4, 0.5) is 0 Å². The molecule has 0 aliphatic heterocycles. The van der Waals surface area contributed by atoms with Crippen molar-refractivity contribution in [2.75, 3.05) is 19.6 Å². The lowest BCUT2D eigenvalue weighted by molar-refractivity contribution is -0.143. The van der Waals surface area contributed by atoms with Crippen LogP contribution in [0.3, 0.4) is 0 Å². The Bertz CT molecular complexity index is 342. The fourth-order valence-electron chi connectivity index (χ4n) is 1.74. The number of nitrogens with zero attached hydrogens (tertiary/aromatic N) is 1. The Morgan fingerprint density at radius 1 is 1.20 bits per heavy atom. The highest BCUT2D eigenvalue weighted by molar-refractivity contribution is 5.77. The van der Waals surface area contributed by atoms with Crippen LogP contribution in [0, 0.1) is 11.8 Å². The maximum Gasteiger partial charge on any atom is 0.308 e. The minimum Gasteiger partial charge on any atom is -0.481 e. The maximum absolute atomic E-state index is 12.1. The molecule has 1 unspecified atom stereocenters. The van der Waals surface area contributed by atoms with Crippen molar-refractivity contribution < 1.29 is 19.5 Å². The van der Waals surface area contributed by atoms with E-state index in [9.17, 15) is 14.4 Å². The third-order valence-corrected chi connectivity index (χ3v) is 2.83. The normalized spacial score (nSPS) is 12.1. The molecule has 0 spiro atoms. The molecule has 0 fully saturated rings. The molecule has 1 atom stereocenters. The maximum atomic E-state index is 12.1. The smallest absolute Gasteiger partial charge is 0.308 e. The fourth-order valence-corrected chi connectivity index (χ4v) is 1.74. The van der Waals surface area contributed by atoms with E-state index in [-0.39, 0.29) is 24.3 Å². The van der Waals surface area contributed by atoms with Gasteiger partial charge in [0.15, 0.2) is 0 Å². The van der Waals surface area contributed by atoms with E-state index >= 15 is 0 Å². The largest absolute Gasteiger partial charge is 0.481 e. The van der Waals surface area contributed by atoms with E-state index < -0.39 is 11.9 Å². The van der Waals surface area contributed by atoms with Crippen molar-refractivity contribution in [2.24, 2.45) is 11.8 Å². The minimum atomic E-state index is -0.908. The molecule has 0 aliphatic rings. The quantitative estimate of drug-likeness (QED) is 0.622. The molecule has 0 radical (unpaired) electrons. The highest BCUT2D eigenvalue weighted by Gasteiger charge is 2.20. The number of carbonyl (C=O) groups excluding carboxylic acids is 2. The topological polar surface area (TPSA) is 86.7 Å². The Hall–Kier alpha value is -1.59. The van der Waals surface area contributed by atoms with Crippen LogP contribution in [0.15, 0.2) is 0 Å². The monoisotopic (exact) mass is 286 g/mol. The molecule has 2 amide bonds. The van der Waals surface area contributed by atoms with Crippen LogP contribution in [0.2, 0.25) is 0 Å². The number of carboxylic acid groups (broad SMARTS) is 1. The van der Waals surface area contributed by atoms with Crippen molar-refractivity contribution in [3.05, 3.63) is 0 Å². The first kappa shape index (κ1) is 18.4. The Morgan fingerprint density at radius 2 is 1.80 bits per heavy atom. The van der Waals surface area contributed by atoms with Crippen LogP contribution < -0.4 is 5.32 Å². The zero-order valence-electron chi connectivity index (χ0n) is 12.8. The highest BCUT2D eigenvalue weighted by atomic mass is 16.4. The third kappa shape index (κ3) is 8.50. The van der Waals surface area contributed by atoms with E-state index in [1.54, 1.807) is 11.8 Å². The number of nitrogens with one attached hydrogen (secondary N) is 1. The summed E-state index contributed by atoms with van der Waals surface area (Å²) in [5, 5.41) is 11.6. The van der Waals surface area contributed by atoms with Gasteiger partial charge >= 0.3 is 5.97 Å². The Morgan fingerprint density at radius 3 is 2.25 bits per heavy atom. The summed E-state index contributed by atoms with van der Waals surface area (Å²) in [7, 11) is 0. The van der Waals surface area contributed by atoms with Gasteiger partial charge in [-0.1, -0.05) is 20.8 Å². The zero-order chi connectivity index (χ0) is 15.7. The Balaban J connectivity index is 4.42. The van der Waals surface area contributed by atoms with Crippen molar-refractivity contribution in [1.82, 2.24) is 10.2 Å². The molecule has 6 nitrogen and oxygen atoms in total. The highest BCUT2D eigenvalue weighted by Crippen LogP contribution is 2.08. The van der Waals surface area contributed by atoms with E-state index in [0.29, 0.717) is 25.9 Å².